The van der Waals surface area contributed by atoms with Gasteiger partial charge in [-0.2, -0.15) is 5.10 Å². The largest absolute Gasteiger partial charge is 0.507 e. The van der Waals surface area contributed by atoms with E-state index in [9.17, 15) is 39.9 Å². The van der Waals surface area contributed by atoms with Crippen LogP contribution in [0.3, 0.4) is 0 Å². The lowest BCUT2D eigenvalue weighted by Gasteiger charge is -2.41. The molecule has 15 heteroatoms. The summed E-state index contributed by atoms with van der Waals surface area (Å²) in [5.74, 6) is -8.01. The van der Waals surface area contributed by atoms with Gasteiger partial charge < -0.3 is 49.8 Å². The molecule has 5 bridgehead atoms. The molecule has 362 valence electrons. The number of amides is 1. The quantitative estimate of drug-likeness (QED) is 0.0603. The smallest absolute Gasteiger partial charge is 0.312 e. The van der Waals surface area contributed by atoms with Crippen LogP contribution in [0.5, 0.6) is 23.0 Å². The third kappa shape index (κ3) is 10.2. The number of Topliss-reactive ketones (excluding diaryl/α,β-unsaturated/α-hetero) is 1. The Morgan fingerprint density at radius 3 is 2.19 bits per heavy atom. The molecule has 67 heavy (non-hydrogen) atoms. The Hall–Kier alpha value is -5.90. The highest BCUT2D eigenvalue weighted by Gasteiger charge is 2.50. The topological polar surface area (TPSA) is 217 Å². The van der Waals surface area contributed by atoms with Gasteiger partial charge in [0.1, 0.15) is 23.4 Å². The molecule has 4 aliphatic rings. The number of benzene rings is 3. The molecule has 15 nitrogen and oxygen atoms in total. The first kappa shape index (κ1) is 50.5. The zero-order valence-electron chi connectivity index (χ0n) is 40.3. The number of aliphatic hydroxyl groups excluding tert-OH is 2. The molecule has 0 aromatic heterocycles. The second kappa shape index (κ2) is 20.5. The van der Waals surface area contributed by atoms with Crippen molar-refractivity contribution in [1.82, 2.24) is 5.01 Å². The zero-order chi connectivity index (χ0) is 49.2. The molecular weight excluding hydrogens is 859 g/mol. The number of nitrogens with one attached hydrogen (secondary N) is 1. The first-order chi connectivity index (χ1) is 31.6. The lowest BCUT2D eigenvalue weighted by Crippen LogP contribution is -2.46. The number of ketones is 1. The Balaban J connectivity index is 1.49. The van der Waals surface area contributed by atoms with Crippen LogP contribution in [0, 0.1) is 36.5 Å². The molecule has 0 aliphatic carbocycles. The van der Waals surface area contributed by atoms with E-state index < -0.39 is 88.8 Å². The van der Waals surface area contributed by atoms with Gasteiger partial charge in [-0.25, -0.2) is 0 Å². The molecule has 4 heterocycles. The third-order valence-corrected chi connectivity index (χ3v) is 14.0. The summed E-state index contributed by atoms with van der Waals surface area (Å²) in [4.78, 5) is 41.1. The van der Waals surface area contributed by atoms with Gasteiger partial charge in [0.25, 0.3) is 11.7 Å². The maximum atomic E-state index is 14.6. The third-order valence-electron chi connectivity index (χ3n) is 14.0. The van der Waals surface area contributed by atoms with Gasteiger partial charge in [0, 0.05) is 73.2 Å². The van der Waals surface area contributed by atoms with Crippen molar-refractivity contribution in [2.24, 2.45) is 34.7 Å². The molecule has 1 saturated heterocycles. The Morgan fingerprint density at radius 1 is 0.910 bits per heavy atom. The number of anilines is 1. The van der Waals surface area contributed by atoms with Gasteiger partial charge in [0.15, 0.2) is 5.75 Å². The number of allylic oxidation sites excluding steroid dienone is 2. The molecule has 0 spiro atoms. The molecule has 1 unspecified atom stereocenters. The van der Waals surface area contributed by atoms with Gasteiger partial charge >= 0.3 is 11.8 Å². The number of hydrogen-bond acceptors (Lipinski definition) is 14. The van der Waals surface area contributed by atoms with E-state index in [0.29, 0.717) is 5.92 Å². The monoisotopic (exact) mass is 925 g/mol. The van der Waals surface area contributed by atoms with Crippen LogP contribution in [-0.4, -0.2) is 104 Å². The van der Waals surface area contributed by atoms with E-state index in [4.69, 9.17) is 24.0 Å². The molecule has 3 aromatic rings. The Kier molecular flexibility index (Phi) is 15.5. The summed E-state index contributed by atoms with van der Waals surface area (Å²) in [7, 11) is 1.44. The number of esters is 1. The lowest BCUT2D eigenvalue weighted by molar-refractivity contribution is -0.160. The van der Waals surface area contributed by atoms with Crippen LogP contribution < -0.4 is 10.1 Å². The summed E-state index contributed by atoms with van der Waals surface area (Å²) in [6.45, 7) is 16.7. The highest BCUT2D eigenvalue weighted by molar-refractivity contribution is 6.23. The number of phenolic OH excluding ortho intramolecular Hbond substituents is 3. The minimum atomic E-state index is -2.06. The van der Waals surface area contributed by atoms with E-state index in [0.717, 1.165) is 19.3 Å². The Labute approximate surface area is 392 Å². The number of hydrazone groups is 1. The predicted octanol–water partition coefficient (Wildman–Crippen LogP) is 7.82. The van der Waals surface area contributed by atoms with Crippen molar-refractivity contribution >= 4 is 40.3 Å². The fourth-order valence-electron chi connectivity index (χ4n) is 10.1. The normalized spacial score (nSPS) is 30.9. The number of hydrogen-bond donors (Lipinski definition) is 6. The number of piperidine rings is 1. The van der Waals surface area contributed by atoms with Crippen molar-refractivity contribution in [2.75, 3.05) is 12.4 Å². The second-order valence-corrected chi connectivity index (χ2v) is 19.0. The van der Waals surface area contributed by atoms with Gasteiger partial charge in [0.2, 0.25) is 0 Å². The molecule has 6 N–H and O–H groups in total. The number of fused-ring (bicyclic) bond motifs is 14. The fraction of sp³-hybridized carbons (Fsp3) is 0.500. The Bertz CT molecular complexity index is 2450. The van der Waals surface area contributed by atoms with E-state index in [1.54, 1.807) is 39.8 Å². The highest BCUT2D eigenvalue weighted by Crippen LogP contribution is 2.55. The molecule has 7 rings (SSSR count). The summed E-state index contributed by atoms with van der Waals surface area (Å²) in [5.41, 5.74) is 0.900. The van der Waals surface area contributed by atoms with Gasteiger partial charge in [-0.15, -0.1) is 0 Å². The number of ether oxygens (including phenoxy) is 4. The standard InChI is InChI=1S/C52H67N3O12/c1-26-16-15-17-27(2)51(63)54-42-37(25-53-55-28(3)22-36(23-29(55)4)24-35-18-13-12-14-19-35)46(60)39-40(47(42)61)45(59)33(8)49-41(39)50(62)52(10,67-49)65-21-20-38(64-11)30(5)48(66-34(9)56)32(7)44(58)31(6)43(26)57/h12-21,25-26,28-32,36,38,43-44,48,57-61H,22-24H2,1-11H3,(H,54,63)/t26-,28-,29+,30+,31-,32-,36?,38+,43-,44-,48-,52-/m0/s1. The SMILES string of the molecule is CO[C@@H]1C=CO[C@@]2(C)Oc3c(C)c(O)c4c(O)c(c(C=NN5[C@H](C)CC(Cc6ccccc6)C[C@@H]5C)c(O)c4c3C2=O)NC(=O)C(C)=CC=C[C@H](C)[C@H](O)[C@H](C)[C@H](O)[C@H](C)[C@@H](OC(C)=O)[C@@H]1C. The first-order valence-electron chi connectivity index (χ1n) is 23.1. The van der Waals surface area contributed by atoms with Crippen LogP contribution >= 0.6 is 0 Å². The van der Waals surface area contributed by atoms with Crippen molar-refractivity contribution in [3.8, 4) is 23.0 Å². The molecule has 1 amide bonds. The van der Waals surface area contributed by atoms with Crippen LogP contribution in [0.1, 0.15) is 102 Å². The number of aliphatic hydroxyl groups is 2. The van der Waals surface area contributed by atoms with E-state index in [2.05, 4.69) is 31.3 Å². The van der Waals surface area contributed by atoms with E-state index in [-0.39, 0.29) is 56.6 Å². The van der Waals surface area contributed by atoms with Crippen LogP contribution in [0.4, 0.5) is 5.69 Å². The first-order valence-corrected chi connectivity index (χ1v) is 23.1. The summed E-state index contributed by atoms with van der Waals surface area (Å²) < 4.78 is 23.8. The van der Waals surface area contributed by atoms with Crippen molar-refractivity contribution in [1.29, 1.82) is 0 Å². The number of methoxy groups -OCH3 is 1. The number of nitrogens with zero attached hydrogens (tertiary/aromatic N) is 2. The highest BCUT2D eigenvalue weighted by atomic mass is 16.7. The molecule has 0 saturated carbocycles. The number of rotatable bonds is 6. The van der Waals surface area contributed by atoms with E-state index in [1.807, 2.05) is 23.2 Å². The fourth-order valence-corrected chi connectivity index (χ4v) is 10.1. The average Bonchev–Trinajstić information content (AvgIpc) is 3.55. The maximum Gasteiger partial charge on any atom is 0.312 e. The van der Waals surface area contributed by atoms with Crippen LogP contribution in [0.2, 0.25) is 0 Å². The second-order valence-electron chi connectivity index (χ2n) is 19.0. The van der Waals surface area contributed by atoms with Gasteiger partial charge in [-0.3, -0.25) is 19.4 Å². The molecular formula is C52H67N3O12. The Morgan fingerprint density at radius 2 is 1.57 bits per heavy atom. The minimum absolute atomic E-state index is 0.0328. The number of carbonyl (C=O) groups excluding carboxylic acids is 3. The van der Waals surface area contributed by atoms with Crippen LogP contribution in [0.15, 0.2) is 71.6 Å². The predicted molar refractivity (Wildman–Crippen MR) is 255 cm³/mol. The minimum Gasteiger partial charge on any atom is -0.507 e. The molecule has 4 aliphatic heterocycles. The number of phenols is 3. The molecule has 12 atom stereocenters. The van der Waals surface area contributed by atoms with Crippen LogP contribution in [0.25, 0.3) is 10.8 Å². The van der Waals surface area contributed by atoms with Crippen molar-refractivity contribution < 1.29 is 58.9 Å². The van der Waals surface area contributed by atoms with Gasteiger partial charge in [0.05, 0.1) is 53.0 Å². The molecule has 3 aromatic carbocycles. The zero-order valence-corrected chi connectivity index (χ0v) is 40.3. The summed E-state index contributed by atoms with van der Waals surface area (Å²) in [6.07, 6.45) is 7.51. The summed E-state index contributed by atoms with van der Waals surface area (Å²) in [5, 5.41) is 68.3. The number of aromatic hydroxyl groups is 3. The van der Waals surface area contributed by atoms with Crippen LogP contribution in [-0.2, 0) is 30.2 Å². The summed E-state index contributed by atoms with van der Waals surface area (Å²) in [6, 6.07) is 10.2. The van der Waals surface area contributed by atoms with E-state index in [1.165, 1.54) is 65.0 Å². The van der Waals surface area contributed by atoms with Crippen molar-refractivity contribution in [3.05, 3.63) is 88.7 Å². The lowest BCUT2D eigenvalue weighted by atomic mass is 9.78. The molecule has 1 fully saturated rings. The average molecular weight is 926 g/mol. The van der Waals surface area contributed by atoms with Crippen molar-refractivity contribution in [2.45, 2.75) is 131 Å². The van der Waals surface area contributed by atoms with Gasteiger partial charge in [-0.1, -0.05) is 76.3 Å². The molecule has 0 radical (unpaired) electrons. The summed E-state index contributed by atoms with van der Waals surface area (Å²) >= 11 is 0. The van der Waals surface area contributed by atoms with E-state index >= 15 is 0 Å². The van der Waals surface area contributed by atoms with Crippen molar-refractivity contribution in [3.63, 3.8) is 0 Å². The maximum absolute atomic E-state index is 14.6. The van der Waals surface area contributed by atoms with Gasteiger partial charge in [-0.05, 0) is 64.5 Å². The number of carbonyl (C=O) groups is 3.